The van der Waals surface area contributed by atoms with Crippen LogP contribution in [-0.2, 0) is 14.4 Å². The molecule has 6 heteroatoms. The smallest absolute Gasteiger partial charge is 0.240 e. The lowest BCUT2D eigenvalue weighted by molar-refractivity contribution is -0.135. The molecule has 1 aromatic rings. The summed E-state index contributed by atoms with van der Waals surface area (Å²) in [7, 11) is 0. The van der Waals surface area contributed by atoms with Crippen molar-refractivity contribution < 1.29 is 18.8 Å². The van der Waals surface area contributed by atoms with Crippen LogP contribution >= 0.6 is 0 Å². The summed E-state index contributed by atoms with van der Waals surface area (Å²) < 4.78 is 13.8. The molecule has 6 atom stereocenters. The number of benzene rings is 1. The lowest BCUT2D eigenvalue weighted by Crippen LogP contribution is -2.55. The first-order valence-electron chi connectivity index (χ1n) is 15.2. The number of carbonyl (C=O) groups excluding carboxylic acids is 3. The minimum Gasteiger partial charge on any atom is -0.350 e. The van der Waals surface area contributed by atoms with Gasteiger partial charge in [0.05, 0.1) is 0 Å². The number of halogens is 1. The number of Topliss-reactive ketones (excluding diaryl/α,β-unsaturated/α-hetero) is 1. The number of carbonyl (C=O) groups is 3. The number of allylic oxidation sites excluding steroid dienone is 2. The molecule has 2 amide bonds. The van der Waals surface area contributed by atoms with E-state index in [0.29, 0.717) is 35.6 Å². The Morgan fingerprint density at radius 3 is 2.33 bits per heavy atom. The highest BCUT2D eigenvalue weighted by molar-refractivity contribution is 6.00. The number of hydrogen-bond donors (Lipinski definition) is 1. The van der Waals surface area contributed by atoms with Crippen molar-refractivity contribution in [2.24, 2.45) is 39.9 Å². The Morgan fingerprint density at radius 2 is 1.68 bits per heavy atom. The molecule has 0 aliphatic heterocycles. The molecule has 1 aromatic carbocycles. The van der Waals surface area contributed by atoms with Gasteiger partial charge in [0.1, 0.15) is 18.1 Å². The van der Waals surface area contributed by atoms with Crippen LogP contribution in [0.4, 0.5) is 10.1 Å². The predicted molar refractivity (Wildman–Crippen MR) is 156 cm³/mol. The van der Waals surface area contributed by atoms with E-state index in [4.69, 9.17) is 0 Å². The fourth-order valence-electron chi connectivity index (χ4n) is 9.33. The number of amides is 2. The Labute approximate surface area is 239 Å². The maximum atomic E-state index is 14.4. The zero-order chi connectivity index (χ0) is 29.3. The van der Waals surface area contributed by atoms with Crippen LogP contribution < -0.4 is 10.2 Å². The monoisotopic (exact) mass is 550 g/mol. The molecule has 0 heterocycles. The van der Waals surface area contributed by atoms with E-state index in [9.17, 15) is 18.8 Å². The van der Waals surface area contributed by atoms with E-state index >= 15 is 0 Å². The largest absolute Gasteiger partial charge is 0.350 e. The molecule has 3 saturated carbocycles. The SMILES string of the molecule is CC(C)(C)NC(=O)CN(C(=O)[C@H]1CC[C@H]2[C@@H]3CC=C4C(C)(C)C(=O)CC[C@]4(C)[C@H]3CC[C@]12C)c1ccc(F)cc1. The van der Waals surface area contributed by atoms with Gasteiger partial charge in [0.15, 0.2) is 0 Å². The highest BCUT2D eigenvalue weighted by atomic mass is 19.1. The number of rotatable bonds is 4. The average molecular weight is 551 g/mol. The molecule has 40 heavy (non-hydrogen) atoms. The van der Waals surface area contributed by atoms with Gasteiger partial charge in [-0.25, -0.2) is 4.39 Å². The number of anilines is 1. The van der Waals surface area contributed by atoms with Crippen molar-refractivity contribution in [2.45, 2.75) is 99.0 Å². The molecule has 0 radical (unpaired) electrons. The van der Waals surface area contributed by atoms with Gasteiger partial charge in [0.2, 0.25) is 11.8 Å². The summed E-state index contributed by atoms with van der Waals surface area (Å²) in [6, 6.07) is 5.91. The molecule has 3 fully saturated rings. The maximum Gasteiger partial charge on any atom is 0.240 e. The van der Waals surface area contributed by atoms with E-state index < -0.39 is 11.0 Å². The summed E-state index contributed by atoms with van der Waals surface area (Å²) in [5, 5.41) is 2.98. The van der Waals surface area contributed by atoms with Gasteiger partial charge in [-0.2, -0.15) is 0 Å². The van der Waals surface area contributed by atoms with Crippen molar-refractivity contribution >= 4 is 23.3 Å². The summed E-state index contributed by atoms with van der Waals surface area (Å²) in [4.78, 5) is 41.8. The molecule has 5 rings (SSSR count). The van der Waals surface area contributed by atoms with Gasteiger partial charge in [-0.05, 0) is 126 Å². The molecule has 218 valence electrons. The van der Waals surface area contributed by atoms with Crippen molar-refractivity contribution in [3.05, 3.63) is 41.7 Å². The quantitative estimate of drug-likeness (QED) is 0.417. The van der Waals surface area contributed by atoms with Gasteiger partial charge in [-0.15, -0.1) is 0 Å². The second kappa shape index (κ2) is 9.80. The summed E-state index contributed by atoms with van der Waals surface area (Å²) in [5.41, 5.74) is 0.977. The van der Waals surface area contributed by atoms with Crippen LogP contribution in [0.3, 0.4) is 0 Å². The minimum atomic E-state index is -0.417. The van der Waals surface area contributed by atoms with E-state index in [1.54, 1.807) is 17.0 Å². The third-order valence-electron chi connectivity index (χ3n) is 11.2. The Bertz CT molecular complexity index is 1230. The number of ketones is 1. The van der Waals surface area contributed by atoms with Gasteiger partial charge < -0.3 is 10.2 Å². The first-order chi connectivity index (χ1) is 18.6. The zero-order valence-electron chi connectivity index (χ0n) is 25.4. The Hall–Kier alpha value is -2.50. The van der Waals surface area contributed by atoms with Crippen LogP contribution in [0.1, 0.15) is 93.4 Å². The van der Waals surface area contributed by atoms with Crippen molar-refractivity contribution in [3.63, 3.8) is 0 Å². The van der Waals surface area contributed by atoms with Crippen LogP contribution in [0, 0.1) is 45.7 Å². The second-order valence-corrected chi connectivity index (χ2v) is 15.1. The molecule has 5 nitrogen and oxygen atoms in total. The van der Waals surface area contributed by atoms with E-state index in [0.717, 1.165) is 38.5 Å². The van der Waals surface area contributed by atoms with Crippen LogP contribution in [0.15, 0.2) is 35.9 Å². The van der Waals surface area contributed by atoms with Gasteiger partial charge in [0.25, 0.3) is 0 Å². The number of fused-ring (bicyclic) bond motifs is 5. The van der Waals surface area contributed by atoms with Crippen molar-refractivity contribution in [1.29, 1.82) is 0 Å². The third kappa shape index (κ3) is 4.73. The van der Waals surface area contributed by atoms with Crippen LogP contribution in [0.5, 0.6) is 0 Å². The molecular weight excluding hydrogens is 503 g/mol. The summed E-state index contributed by atoms with van der Waals surface area (Å²) in [6.45, 7) is 14.6. The first kappa shape index (κ1) is 29.0. The van der Waals surface area contributed by atoms with E-state index in [1.807, 2.05) is 20.8 Å². The van der Waals surface area contributed by atoms with Crippen LogP contribution in [0.25, 0.3) is 0 Å². The lowest BCUT2D eigenvalue weighted by atomic mass is 9.44. The molecule has 0 saturated heterocycles. The maximum absolute atomic E-state index is 14.4. The Kier molecular flexibility index (Phi) is 7.11. The van der Waals surface area contributed by atoms with E-state index in [1.165, 1.54) is 17.7 Å². The van der Waals surface area contributed by atoms with Gasteiger partial charge in [0, 0.05) is 29.0 Å². The summed E-state index contributed by atoms with van der Waals surface area (Å²) in [6.07, 6.45) is 8.77. The van der Waals surface area contributed by atoms with Crippen molar-refractivity contribution in [1.82, 2.24) is 5.32 Å². The Balaban J connectivity index is 1.43. The van der Waals surface area contributed by atoms with Gasteiger partial charge in [-0.1, -0.05) is 25.5 Å². The normalized spacial score (nSPS) is 34.7. The standard InChI is InChI=1S/C34H47FN2O3/c1-31(2,3)36-29(39)20-37(22-10-8-21(35)9-11-22)30(40)26-14-13-24-23-12-15-27-32(4,5)28(38)17-19-34(27,7)25(23)16-18-33(24,26)6/h8-11,15,23-26H,12-14,16-20H2,1-7H3,(H,36,39)/t23-,24-,25-,26+,33-,34+/m0/s1. The molecule has 0 unspecified atom stereocenters. The molecule has 4 aliphatic rings. The van der Waals surface area contributed by atoms with Gasteiger partial charge in [-0.3, -0.25) is 14.4 Å². The highest BCUT2D eigenvalue weighted by Gasteiger charge is 2.62. The third-order valence-corrected chi connectivity index (χ3v) is 11.2. The summed E-state index contributed by atoms with van der Waals surface area (Å²) in [5.74, 6) is 1.01. The Morgan fingerprint density at radius 1 is 1.00 bits per heavy atom. The number of nitrogens with zero attached hydrogens (tertiary/aromatic N) is 1. The van der Waals surface area contributed by atoms with Gasteiger partial charge >= 0.3 is 0 Å². The first-order valence-corrected chi connectivity index (χ1v) is 15.2. The van der Waals surface area contributed by atoms with Crippen molar-refractivity contribution in [3.8, 4) is 0 Å². The van der Waals surface area contributed by atoms with E-state index in [-0.39, 0.29) is 40.9 Å². The minimum absolute atomic E-state index is 0.0261. The topological polar surface area (TPSA) is 66.5 Å². The predicted octanol–water partition coefficient (Wildman–Crippen LogP) is 6.86. The average Bonchev–Trinajstić information content (AvgIpc) is 3.21. The fraction of sp³-hybridized carbons (Fsp3) is 0.676. The number of hydrogen-bond acceptors (Lipinski definition) is 3. The molecule has 4 aliphatic carbocycles. The zero-order valence-corrected chi connectivity index (χ0v) is 25.4. The van der Waals surface area contributed by atoms with Crippen LogP contribution in [-0.4, -0.2) is 29.7 Å². The highest BCUT2D eigenvalue weighted by Crippen LogP contribution is 2.67. The van der Waals surface area contributed by atoms with Crippen molar-refractivity contribution in [2.75, 3.05) is 11.4 Å². The molecule has 0 spiro atoms. The number of nitrogens with one attached hydrogen (secondary N) is 1. The van der Waals surface area contributed by atoms with Crippen LogP contribution in [0.2, 0.25) is 0 Å². The lowest BCUT2D eigenvalue weighted by Gasteiger charge is -2.59. The fourth-order valence-corrected chi connectivity index (χ4v) is 9.33. The molecule has 1 N–H and O–H groups in total. The summed E-state index contributed by atoms with van der Waals surface area (Å²) >= 11 is 0. The molecule has 0 aromatic heterocycles. The molecule has 0 bridgehead atoms. The van der Waals surface area contributed by atoms with E-state index in [2.05, 4.69) is 39.1 Å². The molecular formula is C34H47FN2O3. The second-order valence-electron chi connectivity index (χ2n) is 15.1.